The van der Waals surface area contributed by atoms with Crippen molar-refractivity contribution in [2.24, 2.45) is 0 Å². The lowest BCUT2D eigenvalue weighted by Crippen LogP contribution is -1.82. The van der Waals surface area contributed by atoms with Crippen molar-refractivity contribution in [2.75, 3.05) is 0 Å². The van der Waals surface area contributed by atoms with Crippen LogP contribution in [0.4, 0.5) is 4.39 Å². The number of aryl methyl sites for hydroxylation is 1. The quantitative estimate of drug-likeness (QED) is 0.630. The lowest BCUT2D eigenvalue weighted by molar-refractivity contribution is 0.613. The van der Waals surface area contributed by atoms with Gasteiger partial charge in [-0.05, 0) is 50.4 Å². The minimum Gasteiger partial charge on any atom is -0.204 e. The summed E-state index contributed by atoms with van der Waals surface area (Å²) >= 11 is 6.20. The summed E-state index contributed by atoms with van der Waals surface area (Å²) in [6, 6.07) is 3.53. The summed E-state index contributed by atoms with van der Waals surface area (Å²) in [4.78, 5) is 0. The first-order chi connectivity index (χ1) is 4.63. The van der Waals surface area contributed by atoms with Crippen molar-refractivity contribution in [3.05, 3.63) is 32.5 Å². The van der Waals surface area contributed by atoms with Gasteiger partial charge < -0.3 is 0 Å². The standard InChI is InChI=1S/C7H5Br2F/c1-4-2-3-5(8)7(10)6(4)9/h2-3H,1H3. The largest absolute Gasteiger partial charge is 0.204 e. The molecule has 0 aliphatic carbocycles. The van der Waals surface area contributed by atoms with Crippen LogP contribution in [0.1, 0.15) is 5.56 Å². The summed E-state index contributed by atoms with van der Waals surface area (Å²) in [5.41, 5.74) is 0.903. The molecule has 0 spiro atoms. The summed E-state index contributed by atoms with van der Waals surface area (Å²) in [5.74, 6) is -0.236. The highest BCUT2D eigenvalue weighted by Gasteiger charge is 2.04. The molecule has 0 amide bonds. The van der Waals surface area contributed by atoms with Crippen molar-refractivity contribution in [1.82, 2.24) is 0 Å². The van der Waals surface area contributed by atoms with Gasteiger partial charge in [-0.2, -0.15) is 0 Å². The Morgan fingerprint density at radius 1 is 1.30 bits per heavy atom. The van der Waals surface area contributed by atoms with E-state index in [1.807, 2.05) is 13.0 Å². The summed E-state index contributed by atoms with van der Waals surface area (Å²) in [7, 11) is 0. The van der Waals surface area contributed by atoms with E-state index in [1.54, 1.807) is 6.07 Å². The zero-order valence-corrected chi connectivity index (χ0v) is 8.46. The van der Waals surface area contributed by atoms with Gasteiger partial charge in [0.25, 0.3) is 0 Å². The third kappa shape index (κ3) is 1.40. The fraction of sp³-hybridized carbons (Fsp3) is 0.143. The Morgan fingerprint density at radius 2 is 1.90 bits per heavy atom. The van der Waals surface area contributed by atoms with Crippen LogP contribution >= 0.6 is 31.9 Å². The van der Waals surface area contributed by atoms with Crippen LogP contribution in [0.5, 0.6) is 0 Å². The maximum absolute atomic E-state index is 12.9. The fourth-order valence-corrected chi connectivity index (χ4v) is 1.56. The van der Waals surface area contributed by atoms with Gasteiger partial charge in [-0.15, -0.1) is 0 Å². The Morgan fingerprint density at radius 3 is 2.40 bits per heavy atom. The molecular formula is C7H5Br2F. The third-order valence-corrected chi connectivity index (χ3v) is 2.81. The lowest BCUT2D eigenvalue weighted by atomic mass is 10.2. The van der Waals surface area contributed by atoms with Gasteiger partial charge in [0, 0.05) is 0 Å². The number of hydrogen-bond donors (Lipinski definition) is 0. The molecule has 0 heterocycles. The van der Waals surface area contributed by atoms with E-state index in [2.05, 4.69) is 31.9 Å². The van der Waals surface area contributed by atoms with Gasteiger partial charge in [0.2, 0.25) is 0 Å². The molecular weight excluding hydrogens is 263 g/mol. The molecule has 1 rings (SSSR count). The number of rotatable bonds is 0. The maximum Gasteiger partial charge on any atom is 0.151 e. The average Bonchev–Trinajstić information content (AvgIpc) is 1.93. The van der Waals surface area contributed by atoms with Gasteiger partial charge in [-0.1, -0.05) is 6.07 Å². The summed E-state index contributed by atoms with van der Waals surface area (Å²) in [6.07, 6.45) is 0. The molecule has 0 unspecified atom stereocenters. The van der Waals surface area contributed by atoms with Crippen LogP contribution in [0.3, 0.4) is 0 Å². The van der Waals surface area contributed by atoms with Crippen LogP contribution in [0.25, 0.3) is 0 Å². The normalized spacial score (nSPS) is 10.0. The van der Waals surface area contributed by atoms with Gasteiger partial charge in [0.15, 0.2) is 5.82 Å². The highest BCUT2D eigenvalue weighted by Crippen LogP contribution is 2.26. The van der Waals surface area contributed by atoms with E-state index < -0.39 is 0 Å². The van der Waals surface area contributed by atoms with E-state index in [0.717, 1.165) is 5.56 Å². The number of halogens is 3. The molecule has 54 valence electrons. The summed E-state index contributed by atoms with van der Waals surface area (Å²) in [5, 5.41) is 0. The summed E-state index contributed by atoms with van der Waals surface area (Å²) < 4.78 is 13.9. The second-order valence-corrected chi connectivity index (χ2v) is 3.64. The number of hydrogen-bond acceptors (Lipinski definition) is 0. The highest BCUT2D eigenvalue weighted by atomic mass is 79.9. The van der Waals surface area contributed by atoms with Crippen LogP contribution in [-0.4, -0.2) is 0 Å². The van der Waals surface area contributed by atoms with Gasteiger partial charge in [-0.3, -0.25) is 0 Å². The molecule has 3 heteroatoms. The SMILES string of the molecule is Cc1ccc(Br)c(F)c1Br. The second kappa shape index (κ2) is 3.01. The Hall–Kier alpha value is 0.110. The maximum atomic E-state index is 12.9. The molecule has 0 saturated carbocycles. The molecule has 0 bridgehead atoms. The molecule has 0 fully saturated rings. The van der Waals surface area contributed by atoms with E-state index in [4.69, 9.17) is 0 Å². The molecule has 0 saturated heterocycles. The van der Waals surface area contributed by atoms with Gasteiger partial charge in [0.05, 0.1) is 8.95 Å². The predicted octanol–water partition coefficient (Wildman–Crippen LogP) is 3.66. The van der Waals surface area contributed by atoms with Crippen molar-refractivity contribution in [3.63, 3.8) is 0 Å². The smallest absolute Gasteiger partial charge is 0.151 e. The minimum atomic E-state index is -0.236. The van der Waals surface area contributed by atoms with Gasteiger partial charge in [-0.25, -0.2) is 4.39 Å². The van der Waals surface area contributed by atoms with Crippen molar-refractivity contribution < 1.29 is 4.39 Å². The first-order valence-electron chi connectivity index (χ1n) is 2.73. The van der Waals surface area contributed by atoms with Crippen LogP contribution in [-0.2, 0) is 0 Å². The highest BCUT2D eigenvalue weighted by molar-refractivity contribution is 9.11. The van der Waals surface area contributed by atoms with E-state index in [9.17, 15) is 4.39 Å². The van der Waals surface area contributed by atoms with Gasteiger partial charge in [0.1, 0.15) is 0 Å². The van der Waals surface area contributed by atoms with Crippen molar-refractivity contribution in [2.45, 2.75) is 6.92 Å². The van der Waals surface area contributed by atoms with Crippen molar-refractivity contribution >= 4 is 31.9 Å². The first-order valence-corrected chi connectivity index (χ1v) is 4.31. The molecule has 0 aliphatic heterocycles. The van der Waals surface area contributed by atoms with Crippen LogP contribution in [0, 0.1) is 12.7 Å². The topological polar surface area (TPSA) is 0 Å². The summed E-state index contributed by atoms with van der Waals surface area (Å²) in [6.45, 7) is 1.85. The second-order valence-electron chi connectivity index (χ2n) is 1.99. The monoisotopic (exact) mass is 266 g/mol. The average molecular weight is 268 g/mol. The Labute approximate surface area is 75.7 Å². The molecule has 10 heavy (non-hydrogen) atoms. The molecule has 0 atom stereocenters. The Kier molecular flexibility index (Phi) is 2.47. The zero-order valence-electron chi connectivity index (χ0n) is 5.29. The van der Waals surface area contributed by atoms with E-state index >= 15 is 0 Å². The van der Waals surface area contributed by atoms with E-state index in [1.165, 1.54) is 0 Å². The fourth-order valence-electron chi connectivity index (χ4n) is 0.622. The predicted molar refractivity (Wildman–Crippen MR) is 46.5 cm³/mol. The molecule has 0 aliphatic rings. The molecule has 0 nitrogen and oxygen atoms in total. The van der Waals surface area contributed by atoms with E-state index in [-0.39, 0.29) is 5.82 Å². The van der Waals surface area contributed by atoms with Crippen LogP contribution < -0.4 is 0 Å². The van der Waals surface area contributed by atoms with Gasteiger partial charge >= 0.3 is 0 Å². The van der Waals surface area contributed by atoms with Crippen LogP contribution in [0.2, 0.25) is 0 Å². The van der Waals surface area contributed by atoms with Crippen molar-refractivity contribution in [1.29, 1.82) is 0 Å². The molecule has 0 radical (unpaired) electrons. The molecule has 0 N–H and O–H groups in total. The first kappa shape index (κ1) is 8.21. The Balaban J connectivity index is 3.34. The Bertz CT molecular complexity index is 231. The third-order valence-electron chi connectivity index (χ3n) is 1.23. The van der Waals surface area contributed by atoms with E-state index in [0.29, 0.717) is 8.95 Å². The van der Waals surface area contributed by atoms with Crippen molar-refractivity contribution in [3.8, 4) is 0 Å². The zero-order chi connectivity index (χ0) is 7.72. The molecule has 1 aromatic rings. The minimum absolute atomic E-state index is 0.236. The molecule has 1 aromatic carbocycles. The molecule has 0 aromatic heterocycles. The van der Waals surface area contributed by atoms with Crippen LogP contribution in [0.15, 0.2) is 21.1 Å². The number of benzene rings is 1. The lowest BCUT2D eigenvalue weighted by Gasteiger charge is -1.99.